The normalized spacial score (nSPS) is 12.0. The largest absolute Gasteiger partial charge is 0.479 e. The molecule has 3 nitrogen and oxygen atoms in total. The molecular weight excluding hydrogens is 360 g/mol. The standard InChI is InChI=1S/C23H37ClO3/c1-3-4-5-6-7-8-9-10-11-12-13-14-19-26-23(25)20(2)27-22-17-15-21(24)16-18-22/h15-18,20H,3-14,19H2,1-2H3/t20-/m1/s1. The zero-order chi connectivity index (χ0) is 19.7. The van der Waals surface area contributed by atoms with Crippen LogP contribution >= 0.6 is 11.6 Å². The van der Waals surface area contributed by atoms with E-state index in [1.54, 1.807) is 31.2 Å². The Morgan fingerprint density at radius 1 is 0.852 bits per heavy atom. The van der Waals surface area contributed by atoms with Crippen molar-refractivity contribution in [3.05, 3.63) is 29.3 Å². The van der Waals surface area contributed by atoms with Gasteiger partial charge in [-0.1, -0.05) is 89.2 Å². The predicted molar refractivity (Wildman–Crippen MR) is 114 cm³/mol. The summed E-state index contributed by atoms with van der Waals surface area (Å²) < 4.78 is 10.9. The average molecular weight is 397 g/mol. The van der Waals surface area contributed by atoms with E-state index in [1.165, 1.54) is 64.2 Å². The third-order valence-electron chi connectivity index (χ3n) is 4.70. The molecule has 0 saturated carbocycles. The second kappa shape index (κ2) is 15.8. The van der Waals surface area contributed by atoms with Gasteiger partial charge in [-0.05, 0) is 37.6 Å². The first-order valence-electron chi connectivity index (χ1n) is 10.7. The molecule has 1 aromatic rings. The van der Waals surface area contributed by atoms with Crippen molar-refractivity contribution in [1.82, 2.24) is 0 Å². The van der Waals surface area contributed by atoms with Gasteiger partial charge in [0.2, 0.25) is 0 Å². The van der Waals surface area contributed by atoms with E-state index in [-0.39, 0.29) is 5.97 Å². The van der Waals surface area contributed by atoms with Crippen LogP contribution < -0.4 is 4.74 Å². The quantitative estimate of drug-likeness (QED) is 0.216. The number of hydrogen-bond donors (Lipinski definition) is 0. The minimum atomic E-state index is -0.608. The Hall–Kier alpha value is -1.22. The minimum absolute atomic E-state index is 0.312. The molecule has 0 aliphatic rings. The molecule has 1 atom stereocenters. The lowest BCUT2D eigenvalue weighted by atomic mass is 10.1. The summed E-state index contributed by atoms with van der Waals surface area (Å²) in [4.78, 5) is 11.9. The molecule has 154 valence electrons. The summed E-state index contributed by atoms with van der Waals surface area (Å²) in [6.45, 7) is 4.44. The molecule has 1 aromatic carbocycles. The van der Waals surface area contributed by atoms with Crippen LogP contribution in [0.2, 0.25) is 5.02 Å². The van der Waals surface area contributed by atoms with Crippen molar-refractivity contribution in [2.24, 2.45) is 0 Å². The van der Waals surface area contributed by atoms with Gasteiger partial charge >= 0.3 is 5.97 Å². The Morgan fingerprint density at radius 3 is 1.85 bits per heavy atom. The molecule has 0 spiro atoms. The van der Waals surface area contributed by atoms with E-state index in [9.17, 15) is 4.79 Å². The van der Waals surface area contributed by atoms with E-state index in [0.717, 1.165) is 12.8 Å². The highest BCUT2D eigenvalue weighted by Gasteiger charge is 2.16. The van der Waals surface area contributed by atoms with Gasteiger partial charge in [0.25, 0.3) is 0 Å². The second-order valence-corrected chi connectivity index (χ2v) is 7.71. The van der Waals surface area contributed by atoms with Gasteiger partial charge in [0, 0.05) is 5.02 Å². The number of carbonyl (C=O) groups is 1. The molecule has 27 heavy (non-hydrogen) atoms. The Kier molecular flexibility index (Phi) is 13.9. The fraction of sp³-hybridized carbons (Fsp3) is 0.696. The second-order valence-electron chi connectivity index (χ2n) is 7.27. The molecule has 0 bridgehead atoms. The minimum Gasteiger partial charge on any atom is -0.479 e. The van der Waals surface area contributed by atoms with E-state index in [0.29, 0.717) is 17.4 Å². The maximum absolute atomic E-state index is 11.9. The average Bonchev–Trinajstić information content (AvgIpc) is 2.67. The zero-order valence-corrected chi connectivity index (χ0v) is 17.9. The monoisotopic (exact) mass is 396 g/mol. The lowest BCUT2D eigenvalue weighted by molar-refractivity contribution is -0.151. The third-order valence-corrected chi connectivity index (χ3v) is 4.95. The Labute approximate surface area is 170 Å². The highest BCUT2D eigenvalue weighted by molar-refractivity contribution is 6.30. The molecule has 0 unspecified atom stereocenters. The number of unbranched alkanes of at least 4 members (excludes halogenated alkanes) is 11. The first-order valence-corrected chi connectivity index (χ1v) is 11.1. The molecule has 0 aromatic heterocycles. The summed E-state index contributed by atoms with van der Waals surface area (Å²) in [7, 11) is 0. The van der Waals surface area contributed by atoms with E-state index < -0.39 is 6.10 Å². The molecule has 1 rings (SSSR count). The number of benzene rings is 1. The molecule has 0 aliphatic carbocycles. The molecule has 0 saturated heterocycles. The third kappa shape index (κ3) is 12.7. The van der Waals surface area contributed by atoms with Crippen molar-refractivity contribution in [2.45, 2.75) is 97.0 Å². The van der Waals surface area contributed by atoms with Gasteiger partial charge in [0.15, 0.2) is 6.10 Å². The smallest absolute Gasteiger partial charge is 0.347 e. The van der Waals surface area contributed by atoms with E-state index in [2.05, 4.69) is 6.92 Å². The molecule has 0 radical (unpaired) electrons. The lowest BCUT2D eigenvalue weighted by Crippen LogP contribution is -2.26. The van der Waals surface area contributed by atoms with Gasteiger partial charge in [-0.3, -0.25) is 0 Å². The maximum atomic E-state index is 11.9. The fourth-order valence-electron chi connectivity index (χ4n) is 3.00. The topological polar surface area (TPSA) is 35.5 Å². The number of rotatable bonds is 16. The maximum Gasteiger partial charge on any atom is 0.347 e. The van der Waals surface area contributed by atoms with E-state index in [4.69, 9.17) is 21.1 Å². The van der Waals surface area contributed by atoms with Crippen LogP contribution in [0.25, 0.3) is 0 Å². The van der Waals surface area contributed by atoms with Crippen LogP contribution in [0.5, 0.6) is 5.75 Å². The van der Waals surface area contributed by atoms with Gasteiger partial charge in [0.1, 0.15) is 5.75 Å². The number of halogens is 1. The van der Waals surface area contributed by atoms with Crippen LogP contribution in [-0.4, -0.2) is 18.7 Å². The first-order chi connectivity index (χ1) is 13.1. The molecule has 0 amide bonds. The summed E-state index contributed by atoms with van der Waals surface area (Å²) in [6, 6.07) is 6.97. The molecule has 0 N–H and O–H groups in total. The van der Waals surface area contributed by atoms with Gasteiger partial charge in [-0.15, -0.1) is 0 Å². The number of esters is 1. The van der Waals surface area contributed by atoms with E-state index >= 15 is 0 Å². The number of carbonyl (C=O) groups excluding carboxylic acids is 1. The van der Waals surface area contributed by atoms with Gasteiger partial charge in [-0.2, -0.15) is 0 Å². The van der Waals surface area contributed by atoms with Crippen molar-refractivity contribution >= 4 is 17.6 Å². The summed E-state index contributed by atoms with van der Waals surface area (Å²) in [5.41, 5.74) is 0. The van der Waals surface area contributed by atoms with Crippen molar-refractivity contribution in [2.75, 3.05) is 6.61 Å². The lowest BCUT2D eigenvalue weighted by Gasteiger charge is -2.14. The molecule has 0 heterocycles. The van der Waals surface area contributed by atoms with Crippen LogP contribution in [0.1, 0.15) is 90.9 Å². The van der Waals surface area contributed by atoms with Gasteiger partial charge in [-0.25, -0.2) is 4.79 Å². The molecule has 4 heteroatoms. The van der Waals surface area contributed by atoms with Crippen LogP contribution in [0.15, 0.2) is 24.3 Å². The highest BCUT2D eigenvalue weighted by atomic mass is 35.5. The summed E-state index contributed by atoms with van der Waals surface area (Å²) in [5.74, 6) is 0.308. The molecular formula is C23H37ClO3. The summed E-state index contributed by atoms with van der Waals surface area (Å²) in [6.07, 6.45) is 14.9. The highest BCUT2D eigenvalue weighted by Crippen LogP contribution is 2.17. The fourth-order valence-corrected chi connectivity index (χ4v) is 3.12. The zero-order valence-electron chi connectivity index (χ0n) is 17.2. The first kappa shape index (κ1) is 23.8. The van der Waals surface area contributed by atoms with Crippen molar-refractivity contribution in [3.8, 4) is 5.75 Å². The summed E-state index contributed by atoms with van der Waals surface area (Å²) in [5, 5.41) is 0.643. The summed E-state index contributed by atoms with van der Waals surface area (Å²) >= 11 is 5.83. The molecule has 0 fully saturated rings. The van der Waals surface area contributed by atoms with E-state index in [1.807, 2.05) is 0 Å². The van der Waals surface area contributed by atoms with Crippen molar-refractivity contribution in [3.63, 3.8) is 0 Å². The SMILES string of the molecule is CCCCCCCCCCCCCCOC(=O)[C@@H](C)Oc1ccc(Cl)cc1. The number of ether oxygens (including phenoxy) is 2. The van der Waals surface area contributed by atoms with Crippen molar-refractivity contribution in [1.29, 1.82) is 0 Å². The Bertz CT molecular complexity index is 487. The Balaban J connectivity index is 1.92. The van der Waals surface area contributed by atoms with Crippen LogP contribution in [0, 0.1) is 0 Å². The number of hydrogen-bond acceptors (Lipinski definition) is 3. The van der Waals surface area contributed by atoms with Crippen LogP contribution in [-0.2, 0) is 9.53 Å². The van der Waals surface area contributed by atoms with Crippen LogP contribution in [0.3, 0.4) is 0 Å². The van der Waals surface area contributed by atoms with Gasteiger partial charge in [0.05, 0.1) is 6.61 Å². The Morgan fingerprint density at radius 2 is 1.33 bits per heavy atom. The van der Waals surface area contributed by atoms with Gasteiger partial charge < -0.3 is 9.47 Å². The van der Waals surface area contributed by atoms with Crippen molar-refractivity contribution < 1.29 is 14.3 Å². The predicted octanol–water partition coefficient (Wildman–Crippen LogP) is 7.35. The molecule has 0 aliphatic heterocycles. The van der Waals surface area contributed by atoms with Crippen LogP contribution in [0.4, 0.5) is 0 Å².